The molecule has 0 atom stereocenters. The quantitative estimate of drug-likeness (QED) is 0.886. The fraction of sp³-hybridized carbons (Fsp3) is 0.500. The Hall–Kier alpha value is -1.97. The summed E-state index contributed by atoms with van der Waals surface area (Å²) in [5, 5.41) is 3.00. The lowest BCUT2D eigenvalue weighted by Gasteiger charge is -2.13. The van der Waals surface area contributed by atoms with Gasteiger partial charge in [0.2, 0.25) is 0 Å². The van der Waals surface area contributed by atoms with Crippen molar-refractivity contribution in [2.75, 3.05) is 7.11 Å². The maximum atomic E-state index is 12.4. The van der Waals surface area contributed by atoms with E-state index in [1.54, 1.807) is 7.11 Å². The van der Waals surface area contributed by atoms with Gasteiger partial charge in [0.1, 0.15) is 5.75 Å². The third-order valence-electron chi connectivity index (χ3n) is 3.65. The van der Waals surface area contributed by atoms with Gasteiger partial charge in [0.15, 0.2) is 0 Å². The van der Waals surface area contributed by atoms with Crippen LogP contribution in [0.1, 0.15) is 39.0 Å². The first-order chi connectivity index (χ1) is 10.4. The van der Waals surface area contributed by atoms with Crippen molar-refractivity contribution >= 4 is 0 Å². The summed E-state index contributed by atoms with van der Waals surface area (Å²) in [6.45, 7) is 8.64. The average Bonchev–Trinajstić information content (AvgIpc) is 2.75. The van der Waals surface area contributed by atoms with Crippen molar-refractivity contribution in [1.29, 1.82) is 0 Å². The second-order valence-electron chi connectivity index (χ2n) is 6.60. The van der Waals surface area contributed by atoms with Crippen molar-refractivity contribution in [2.45, 2.75) is 40.5 Å². The van der Waals surface area contributed by atoms with Crippen molar-refractivity contribution in [3.8, 4) is 11.4 Å². The number of nitrogens with zero attached hydrogens (tertiary/aromatic N) is 1. The molecule has 0 bridgehead atoms. The van der Waals surface area contributed by atoms with Crippen LogP contribution in [0.2, 0.25) is 0 Å². The molecule has 0 fully saturated rings. The van der Waals surface area contributed by atoms with Crippen LogP contribution in [0.4, 0.5) is 0 Å². The van der Waals surface area contributed by atoms with E-state index in [2.05, 4.69) is 32.8 Å². The van der Waals surface area contributed by atoms with E-state index in [-0.39, 0.29) is 5.56 Å². The van der Waals surface area contributed by atoms with Crippen LogP contribution in [0, 0.1) is 11.8 Å². The number of hydrogen-bond donors (Lipinski definition) is 1. The van der Waals surface area contributed by atoms with Gasteiger partial charge < -0.3 is 4.74 Å². The molecule has 0 unspecified atom stereocenters. The van der Waals surface area contributed by atoms with Crippen LogP contribution in [0.15, 0.2) is 29.1 Å². The minimum atomic E-state index is 0.0279. The lowest BCUT2D eigenvalue weighted by molar-refractivity contribution is 0.414. The van der Waals surface area contributed by atoms with Crippen LogP contribution in [0.5, 0.6) is 5.75 Å². The third-order valence-corrected chi connectivity index (χ3v) is 3.65. The summed E-state index contributed by atoms with van der Waals surface area (Å²) in [4.78, 5) is 12.4. The largest absolute Gasteiger partial charge is 0.497 e. The Morgan fingerprint density at radius 2 is 1.64 bits per heavy atom. The van der Waals surface area contributed by atoms with E-state index in [0.29, 0.717) is 11.8 Å². The van der Waals surface area contributed by atoms with Crippen LogP contribution in [-0.4, -0.2) is 16.9 Å². The van der Waals surface area contributed by atoms with Crippen molar-refractivity contribution in [1.82, 2.24) is 9.78 Å². The molecule has 4 nitrogen and oxygen atoms in total. The number of rotatable bonds is 6. The van der Waals surface area contributed by atoms with Crippen molar-refractivity contribution in [3.05, 3.63) is 45.9 Å². The Kier molecular flexibility index (Phi) is 5.11. The highest BCUT2D eigenvalue weighted by atomic mass is 16.5. The third kappa shape index (κ3) is 3.62. The van der Waals surface area contributed by atoms with Gasteiger partial charge in [0.05, 0.1) is 12.8 Å². The predicted octanol–water partition coefficient (Wildman–Crippen LogP) is 3.57. The van der Waals surface area contributed by atoms with Crippen molar-refractivity contribution < 1.29 is 4.74 Å². The normalized spacial score (nSPS) is 11.4. The van der Waals surface area contributed by atoms with Gasteiger partial charge in [-0.05, 0) is 48.9 Å². The van der Waals surface area contributed by atoms with E-state index >= 15 is 0 Å². The molecule has 0 aliphatic carbocycles. The highest BCUT2D eigenvalue weighted by Crippen LogP contribution is 2.20. The molecule has 0 aliphatic rings. The zero-order valence-corrected chi connectivity index (χ0v) is 14.1. The highest BCUT2D eigenvalue weighted by Gasteiger charge is 2.18. The first-order valence-corrected chi connectivity index (χ1v) is 7.89. The van der Waals surface area contributed by atoms with Gasteiger partial charge in [-0.3, -0.25) is 14.6 Å². The number of hydrogen-bond acceptors (Lipinski definition) is 2. The Morgan fingerprint density at radius 3 is 2.14 bits per heavy atom. The molecular weight excluding hydrogens is 276 g/mol. The van der Waals surface area contributed by atoms with E-state index in [9.17, 15) is 4.79 Å². The summed E-state index contributed by atoms with van der Waals surface area (Å²) in [5.41, 5.74) is 3.00. The van der Waals surface area contributed by atoms with Crippen LogP contribution < -0.4 is 10.3 Å². The second-order valence-corrected chi connectivity index (χ2v) is 6.60. The molecule has 2 rings (SSSR count). The molecule has 0 saturated heterocycles. The van der Waals surface area contributed by atoms with Crippen LogP contribution >= 0.6 is 0 Å². The SMILES string of the molecule is COc1ccc(-n2[nH]c(=O)c(CC(C)C)c2CC(C)C)cc1. The molecule has 1 aromatic heterocycles. The number of ether oxygens (including phenoxy) is 1. The molecule has 4 heteroatoms. The van der Waals surface area contributed by atoms with E-state index in [0.717, 1.165) is 35.5 Å². The number of nitrogens with one attached hydrogen (secondary N) is 1. The Labute approximate surface area is 132 Å². The van der Waals surface area contributed by atoms with Gasteiger partial charge in [-0.15, -0.1) is 0 Å². The highest BCUT2D eigenvalue weighted by molar-refractivity contribution is 5.39. The van der Waals surface area contributed by atoms with Gasteiger partial charge in [0, 0.05) is 11.3 Å². The lowest BCUT2D eigenvalue weighted by atomic mass is 9.98. The number of benzene rings is 1. The topological polar surface area (TPSA) is 47.0 Å². The lowest BCUT2D eigenvalue weighted by Crippen LogP contribution is -2.10. The average molecular weight is 302 g/mol. The smallest absolute Gasteiger partial charge is 0.267 e. The van der Waals surface area contributed by atoms with Crippen molar-refractivity contribution in [2.24, 2.45) is 11.8 Å². The molecule has 1 aromatic carbocycles. The van der Waals surface area contributed by atoms with E-state index in [1.807, 2.05) is 28.9 Å². The molecule has 0 spiro atoms. The van der Waals surface area contributed by atoms with Gasteiger partial charge in [-0.2, -0.15) is 0 Å². The van der Waals surface area contributed by atoms with E-state index in [1.165, 1.54) is 0 Å². The van der Waals surface area contributed by atoms with Crippen LogP contribution in [0.3, 0.4) is 0 Å². The molecule has 2 aromatic rings. The van der Waals surface area contributed by atoms with Crippen LogP contribution in [-0.2, 0) is 12.8 Å². The fourth-order valence-corrected chi connectivity index (χ4v) is 2.67. The number of aromatic nitrogens is 2. The maximum Gasteiger partial charge on any atom is 0.267 e. The first kappa shape index (κ1) is 16.4. The number of aromatic amines is 1. The van der Waals surface area contributed by atoms with Gasteiger partial charge in [-0.1, -0.05) is 27.7 Å². The zero-order chi connectivity index (χ0) is 16.3. The van der Waals surface area contributed by atoms with Gasteiger partial charge in [0.25, 0.3) is 5.56 Å². The molecule has 22 heavy (non-hydrogen) atoms. The second kappa shape index (κ2) is 6.86. The molecule has 0 amide bonds. The summed E-state index contributed by atoms with van der Waals surface area (Å²) < 4.78 is 7.13. The molecule has 0 saturated carbocycles. The fourth-order valence-electron chi connectivity index (χ4n) is 2.67. The van der Waals surface area contributed by atoms with Crippen LogP contribution in [0.25, 0.3) is 5.69 Å². The molecule has 0 radical (unpaired) electrons. The molecular formula is C18H26N2O2. The van der Waals surface area contributed by atoms with E-state index < -0.39 is 0 Å². The maximum absolute atomic E-state index is 12.4. The summed E-state index contributed by atoms with van der Waals surface area (Å²) in [5.74, 6) is 1.76. The minimum absolute atomic E-state index is 0.0279. The summed E-state index contributed by atoms with van der Waals surface area (Å²) in [6.07, 6.45) is 1.69. The number of H-pyrrole nitrogens is 1. The summed E-state index contributed by atoms with van der Waals surface area (Å²) in [6, 6.07) is 7.76. The minimum Gasteiger partial charge on any atom is -0.497 e. The molecule has 120 valence electrons. The van der Waals surface area contributed by atoms with Gasteiger partial charge >= 0.3 is 0 Å². The molecule has 0 aliphatic heterocycles. The van der Waals surface area contributed by atoms with Gasteiger partial charge in [-0.25, -0.2) is 0 Å². The molecule has 1 N–H and O–H groups in total. The predicted molar refractivity (Wildman–Crippen MR) is 90.0 cm³/mol. The monoisotopic (exact) mass is 302 g/mol. The zero-order valence-electron chi connectivity index (χ0n) is 14.1. The Bertz CT molecular complexity index is 663. The Balaban J connectivity index is 2.51. The Morgan fingerprint density at radius 1 is 1.05 bits per heavy atom. The van der Waals surface area contributed by atoms with Crippen molar-refractivity contribution in [3.63, 3.8) is 0 Å². The number of methoxy groups -OCH3 is 1. The standard InChI is InChI=1S/C18H26N2O2/c1-12(2)10-16-17(11-13(3)4)20(19-18(16)21)14-6-8-15(22-5)9-7-14/h6-9,12-13H,10-11H2,1-5H3,(H,19,21). The van der Waals surface area contributed by atoms with E-state index in [4.69, 9.17) is 4.74 Å². The summed E-state index contributed by atoms with van der Waals surface area (Å²) in [7, 11) is 1.65. The summed E-state index contributed by atoms with van der Waals surface area (Å²) >= 11 is 0. The first-order valence-electron chi connectivity index (χ1n) is 7.89. The molecule has 1 heterocycles.